The van der Waals surface area contributed by atoms with Crippen molar-refractivity contribution in [2.24, 2.45) is 0 Å². The molecule has 1 aromatic heterocycles. The zero-order valence-corrected chi connectivity index (χ0v) is 16.5. The molecule has 3 aromatic rings. The van der Waals surface area contributed by atoms with Crippen molar-refractivity contribution >= 4 is 11.6 Å². The Bertz CT molecular complexity index is 1040. The highest BCUT2D eigenvalue weighted by Gasteiger charge is 2.19. The van der Waals surface area contributed by atoms with Crippen LogP contribution in [0.15, 0.2) is 63.8 Å². The van der Waals surface area contributed by atoms with Crippen LogP contribution in [0, 0.1) is 0 Å². The molecule has 0 N–H and O–H groups in total. The molecule has 150 valence electrons. The molecule has 7 nitrogen and oxygen atoms in total. The van der Waals surface area contributed by atoms with Crippen molar-refractivity contribution in [3.63, 3.8) is 0 Å². The minimum absolute atomic E-state index is 0.155. The second-order valence-corrected chi connectivity index (χ2v) is 7.27. The Kier molecular flexibility index (Phi) is 5.46. The van der Waals surface area contributed by atoms with Crippen LogP contribution in [0.3, 0.4) is 0 Å². The molecular formula is C22H24N4O3. The van der Waals surface area contributed by atoms with Gasteiger partial charge in [-0.2, -0.15) is 4.68 Å². The van der Waals surface area contributed by atoms with Crippen LogP contribution in [0.5, 0.6) is 0 Å². The summed E-state index contributed by atoms with van der Waals surface area (Å²) in [6.07, 6.45) is 2.39. The fraction of sp³-hybridized carbons (Fsp3) is 0.318. The average molecular weight is 392 g/mol. The summed E-state index contributed by atoms with van der Waals surface area (Å²) in [5.41, 5.74) is 2.97. The Hall–Kier alpha value is -3.35. The van der Waals surface area contributed by atoms with E-state index >= 15 is 0 Å². The van der Waals surface area contributed by atoms with E-state index in [0.717, 1.165) is 23.3 Å². The summed E-state index contributed by atoms with van der Waals surface area (Å²) in [6.45, 7) is 2.41. The molecule has 0 atom stereocenters. The van der Waals surface area contributed by atoms with Crippen molar-refractivity contribution in [3.8, 4) is 11.5 Å². The molecule has 2 aromatic carbocycles. The molecule has 1 aliphatic rings. The van der Waals surface area contributed by atoms with Gasteiger partial charge in [0.1, 0.15) is 6.54 Å². The number of anilines is 1. The van der Waals surface area contributed by atoms with Crippen LogP contribution >= 0.6 is 0 Å². The Morgan fingerprint density at radius 3 is 2.52 bits per heavy atom. The van der Waals surface area contributed by atoms with Crippen LogP contribution in [-0.2, 0) is 17.9 Å². The number of hydrogen-bond donors (Lipinski definition) is 0. The van der Waals surface area contributed by atoms with Crippen molar-refractivity contribution in [2.45, 2.75) is 25.9 Å². The number of benzene rings is 2. The first kappa shape index (κ1) is 19.0. The zero-order valence-electron chi connectivity index (χ0n) is 16.5. The van der Waals surface area contributed by atoms with E-state index in [1.807, 2.05) is 36.4 Å². The molecule has 29 heavy (non-hydrogen) atoms. The maximum atomic E-state index is 12.7. The van der Waals surface area contributed by atoms with Crippen LogP contribution in [0.4, 0.5) is 5.69 Å². The zero-order chi connectivity index (χ0) is 20.2. The van der Waals surface area contributed by atoms with Gasteiger partial charge in [-0.3, -0.25) is 4.79 Å². The Balaban J connectivity index is 1.46. The quantitative estimate of drug-likeness (QED) is 0.645. The van der Waals surface area contributed by atoms with E-state index in [4.69, 9.17) is 4.42 Å². The molecule has 4 rings (SSSR count). The number of rotatable bonds is 6. The molecule has 0 saturated carbocycles. The van der Waals surface area contributed by atoms with Crippen LogP contribution < -0.4 is 10.7 Å². The average Bonchev–Trinajstić information content (AvgIpc) is 3.39. The van der Waals surface area contributed by atoms with Crippen molar-refractivity contribution in [3.05, 3.63) is 70.7 Å². The lowest BCUT2D eigenvalue weighted by Crippen LogP contribution is -2.33. The number of carbonyl (C=O) groups is 1. The Morgan fingerprint density at radius 2 is 1.76 bits per heavy atom. The van der Waals surface area contributed by atoms with Gasteiger partial charge in [-0.05, 0) is 36.6 Å². The van der Waals surface area contributed by atoms with Crippen molar-refractivity contribution < 1.29 is 9.21 Å². The lowest BCUT2D eigenvalue weighted by molar-refractivity contribution is -0.131. The number of likely N-dealkylation sites (N-methyl/N-ethyl adjacent to an activating group) is 1. The van der Waals surface area contributed by atoms with E-state index in [1.54, 1.807) is 24.1 Å². The minimum atomic E-state index is -0.636. The summed E-state index contributed by atoms with van der Waals surface area (Å²) in [5.74, 6) is -0.621. The van der Waals surface area contributed by atoms with Crippen LogP contribution in [0.2, 0.25) is 0 Å². The Morgan fingerprint density at radius 1 is 1.07 bits per heavy atom. The molecule has 7 heteroatoms. The first-order valence-electron chi connectivity index (χ1n) is 9.82. The maximum Gasteiger partial charge on any atom is 0.437 e. The predicted molar refractivity (Wildman–Crippen MR) is 111 cm³/mol. The van der Waals surface area contributed by atoms with E-state index < -0.39 is 5.76 Å². The number of nitrogens with zero attached hydrogens (tertiary/aromatic N) is 4. The molecular weight excluding hydrogens is 368 g/mol. The largest absolute Gasteiger partial charge is 0.437 e. The van der Waals surface area contributed by atoms with Crippen molar-refractivity contribution in [2.75, 3.05) is 25.0 Å². The lowest BCUT2D eigenvalue weighted by Gasteiger charge is -2.24. The summed E-state index contributed by atoms with van der Waals surface area (Å²) in [5, 5.41) is 4.17. The molecule has 0 aliphatic carbocycles. The highest BCUT2D eigenvalue weighted by molar-refractivity contribution is 5.76. The first-order valence-corrected chi connectivity index (χ1v) is 9.82. The maximum absolute atomic E-state index is 12.7. The second kappa shape index (κ2) is 8.34. The summed E-state index contributed by atoms with van der Waals surface area (Å²) in [4.78, 5) is 28.8. The molecule has 0 radical (unpaired) electrons. The van der Waals surface area contributed by atoms with E-state index in [0.29, 0.717) is 12.1 Å². The summed E-state index contributed by atoms with van der Waals surface area (Å²) in [7, 11) is 1.74. The molecule has 0 spiro atoms. The first-order chi connectivity index (χ1) is 14.1. The third-order valence-electron chi connectivity index (χ3n) is 5.18. The topological polar surface area (TPSA) is 71.6 Å². The number of para-hydroxylation sites is 1. The molecule has 1 amide bonds. The normalized spacial score (nSPS) is 13.6. The van der Waals surface area contributed by atoms with Gasteiger partial charge in [0.2, 0.25) is 11.8 Å². The monoisotopic (exact) mass is 392 g/mol. The fourth-order valence-corrected chi connectivity index (χ4v) is 3.61. The number of carbonyl (C=O) groups excluding carboxylic acids is 1. The standard InChI is InChI=1S/C22H24N4O3/c1-24(15-18-11-5-6-12-19(18)25-13-7-8-14-25)20(27)16-26-22(28)29-21(23-26)17-9-3-2-4-10-17/h2-6,9-12H,7-8,13-16H2,1H3. The van der Waals surface area contributed by atoms with E-state index in [2.05, 4.69) is 16.1 Å². The van der Waals surface area contributed by atoms with Crippen LogP contribution in [0.1, 0.15) is 18.4 Å². The number of hydrogen-bond acceptors (Lipinski definition) is 5. The van der Waals surface area contributed by atoms with Gasteiger partial charge in [-0.1, -0.05) is 36.4 Å². The van der Waals surface area contributed by atoms with E-state index in [-0.39, 0.29) is 18.3 Å². The van der Waals surface area contributed by atoms with Crippen molar-refractivity contribution in [1.82, 2.24) is 14.7 Å². The molecule has 2 heterocycles. The van der Waals surface area contributed by atoms with E-state index in [9.17, 15) is 9.59 Å². The van der Waals surface area contributed by atoms with E-state index in [1.165, 1.54) is 18.5 Å². The van der Waals surface area contributed by atoms with Gasteiger partial charge < -0.3 is 14.2 Å². The lowest BCUT2D eigenvalue weighted by atomic mass is 10.1. The SMILES string of the molecule is CN(Cc1ccccc1N1CCCC1)C(=O)Cn1nc(-c2ccccc2)oc1=O. The van der Waals surface area contributed by atoms with Gasteiger partial charge in [-0.25, -0.2) is 4.79 Å². The third kappa shape index (κ3) is 4.23. The highest BCUT2D eigenvalue weighted by atomic mass is 16.4. The predicted octanol–water partition coefficient (Wildman–Crippen LogP) is 2.76. The number of aromatic nitrogens is 2. The van der Waals surface area contributed by atoms with Crippen LogP contribution in [0.25, 0.3) is 11.5 Å². The summed E-state index contributed by atoms with van der Waals surface area (Å²) < 4.78 is 6.28. The van der Waals surface area contributed by atoms with Gasteiger partial charge >= 0.3 is 5.76 Å². The van der Waals surface area contributed by atoms with Gasteiger partial charge in [0.15, 0.2) is 0 Å². The molecule has 1 fully saturated rings. The van der Waals surface area contributed by atoms with Gasteiger partial charge in [0.05, 0.1) is 0 Å². The molecule has 0 bridgehead atoms. The molecule has 1 saturated heterocycles. The highest BCUT2D eigenvalue weighted by Crippen LogP contribution is 2.25. The van der Waals surface area contributed by atoms with Crippen molar-refractivity contribution in [1.29, 1.82) is 0 Å². The van der Waals surface area contributed by atoms with Crippen LogP contribution in [-0.4, -0.2) is 40.7 Å². The van der Waals surface area contributed by atoms with Gasteiger partial charge in [-0.15, -0.1) is 5.10 Å². The van der Waals surface area contributed by atoms with Gasteiger partial charge in [0, 0.05) is 37.9 Å². The number of amides is 1. The fourth-order valence-electron chi connectivity index (χ4n) is 3.61. The molecule has 0 unspecified atom stereocenters. The third-order valence-corrected chi connectivity index (χ3v) is 5.18. The molecule has 1 aliphatic heterocycles. The minimum Gasteiger partial charge on any atom is -0.388 e. The Labute approximate surface area is 169 Å². The summed E-state index contributed by atoms with van der Waals surface area (Å²) in [6, 6.07) is 17.3. The smallest absolute Gasteiger partial charge is 0.388 e. The summed E-state index contributed by atoms with van der Waals surface area (Å²) >= 11 is 0. The van der Waals surface area contributed by atoms with Gasteiger partial charge in [0.25, 0.3) is 0 Å². The second-order valence-electron chi connectivity index (χ2n) is 7.27.